The Balaban J connectivity index is 2.06. The highest BCUT2D eigenvalue weighted by Crippen LogP contribution is 2.14. The Morgan fingerprint density at radius 1 is 1.30 bits per heavy atom. The van der Waals surface area contributed by atoms with Gasteiger partial charge < -0.3 is 9.84 Å². The zero-order valence-corrected chi connectivity index (χ0v) is 11.5. The highest BCUT2D eigenvalue weighted by Gasteiger charge is 2.17. The van der Waals surface area contributed by atoms with Crippen LogP contribution in [0.3, 0.4) is 0 Å². The van der Waals surface area contributed by atoms with E-state index in [9.17, 15) is 9.90 Å². The zero-order chi connectivity index (χ0) is 14.8. The molecule has 1 aromatic carbocycles. The second-order valence-corrected chi connectivity index (χ2v) is 5.19. The molecule has 0 atom stereocenters. The molecule has 1 heterocycles. The van der Waals surface area contributed by atoms with Crippen LogP contribution in [-0.4, -0.2) is 31.8 Å². The number of ether oxygens (including phenoxy) is 1. The molecular formula is C13H16N4O3. The summed E-state index contributed by atoms with van der Waals surface area (Å²) in [6, 6.07) is 6.44. The summed E-state index contributed by atoms with van der Waals surface area (Å²) in [5, 5.41) is 19.4. The summed E-state index contributed by atoms with van der Waals surface area (Å²) in [5.41, 5.74) is 0.143. The minimum Gasteiger partial charge on any atom is -0.508 e. The standard InChI is InChI=1S/C13H16N4O3/c1-13(2,3)20-12(19)14-11-8-17(16-15-11)9-4-6-10(18)7-5-9/h4-8,18H,1-3H3,(H,14,19). The van der Waals surface area contributed by atoms with Crippen molar-refractivity contribution in [1.29, 1.82) is 0 Å². The fraction of sp³-hybridized carbons (Fsp3) is 0.308. The molecule has 0 fully saturated rings. The SMILES string of the molecule is CC(C)(C)OC(=O)Nc1cn(-c2ccc(O)cc2)nn1. The number of rotatable bonds is 2. The molecule has 0 aliphatic heterocycles. The Kier molecular flexibility index (Phi) is 3.60. The van der Waals surface area contributed by atoms with Gasteiger partial charge in [-0.05, 0) is 45.0 Å². The number of amides is 1. The van der Waals surface area contributed by atoms with Gasteiger partial charge in [0.1, 0.15) is 11.4 Å². The third kappa shape index (κ3) is 3.71. The van der Waals surface area contributed by atoms with Gasteiger partial charge in [-0.2, -0.15) is 0 Å². The molecule has 0 spiro atoms. The predicted molar refractivity (Wildman–Crippen MR) is 72.9 cm³/mol. The Morgan fingerprint density at radius 3 is 2.55 bits per heavy atom. The number of hydrogen-bond acceptors (Lipinski definition) is 5. The van der Waals surface area contributed by atoms with E-state index in [1.165, 1.54) is 16.8 Å². The van der Waals surface area contributed by atoms with Gasteiger partial charge in [0.25, 0.3) is 0 Å². The van der Waals surface area contributed by atoms with Crippen LogP contribution >= 0.6 is 0 Å². The van der Waals surface area contributed by atoms with E-state index in [0.717, 1.165) is 0 Å². The van der Waals surface area contributed by atoms with E-state index in [0.29, 0.717) is 5.69 Å². The predicted octanol–water partition coefficient (Wildman–Crippen LogP) is 2.32. The maximum atomic E-state index is 11.6. The fourth-order valence-electron chi connectivity index (χ4n) is 1.46. The summed E-state index contributed by atoms with van der Waals surface area (Å²) in [5.74, 6) is 0.452. The van der Waals surface area contributed by atoms with Crippen LogP contribution < -0.4 is 5.32 Å². The Bertz CT molecular complexity index is 599. The summed E-state index contributed by atoms with van der Waals surface area (Å²) in [4.78, 5) is 11.6. The molecule has 0 radical (unpaired) electrons. The quantitative estimate of drug-likeness (QED) is 0.878. The van der Waals surface area contributed by atoms with Gasteiger partial charge >= 0.3 is 6.09 Å². The first-order valence-electron chi connectivity index (χ1n) is 6.05. The average molecular weight is 276 g/mol. The highest BCUT2D eigenvalue weighted by atomic mass is 16.6. The van der Waals surface area contributed by atoms with Gasteiger partial charge in [-0.3, -0.25) is 5.32 Å². The second-order valence-electron chi connectivity index (χ2n) is 5.19. The largest absolute Gasteiger partial charge is 0.508 e. The molecule has 2 aromatic rings. The maximum absolute atomic E-state index is 11.6. The number of phenolic OH excluding ortho intramolecular Hbond substituents is 1. The number of benzene rings is 1. The van der Waals surface area contributed by atoms with Gasteiger partial charge in [-0.15, -0.1) is 5.10 Å². The van der Waals surface area contributed by atoms with Crippen LogP contribution in [0.25, 0.3) is 5.69 Å². The lowest BCUT2D eigenvalue weighted by atomic mass is 10.2. The number of nitrogens with one attached hydrogen (secondary N) is 1. The number of nitrogens with zero attached hydrogens (tertiary/aromatic N) is 3. The van der Waals surface area contributed by atoms with Crippen molar-refractivity contribution < 1.29 is 14.6 Å². The van der Waals surface area contributed by atoms with Crippen LogP contribution in [0.2, 0.25) is 0 Å². The molecule has 7 nitrogen and oxygen atoms in total. The Labute approximate surface area is 116 Å². The molecular weight excluding hydrogens is 260 g/mol. The molecule has 1 amide bonds. The molecule has 106 valence electrons. The van der Waals surface area contributed by atoms with Gasteiger partial charge in [-0.25, -0.2) is 9.48 Å². The second kappa shape index (κ2) is 5.20. The van der Waals surface area contributed by atoms with Gasteiger partial charge in [0.15, 0.2) is 5.82 Å². The van der Waals surface area contributed by atoms with E-state index in [1.807, 2.05) is 0 Å². The molecule has 0 aliphatic rings. The molecule has 0 saturated heterocycles. The maximum Gasteiger partial charge on any atom is 0.413 e. The lowest BCUT2D eigenvalue weighted by molar-refractivity contribution is 0.0635. The van der Waals surface area contributed by atoms with Crippen LogP contribution in [0.5, 0.6) is 5.75 Å². The summed E-state index contributed by atoms with van der Waals surface area (Å²) in [6.07, 6.45) is 0.964. The van der Waals surface area contributed by atoms with Crippen molar-refractivity contribution in [3.8, 4) is 11.4 Å². The smallest absolute Gasteiger partial charge is 0.413 e. The first-order chi connectivity index (χ1) is 9.33. The van der Waals surface area contributed by atoms with Crippen molar-refractivity contribution in [3.05, 3.63) is 30.5 Å². The Morgan fingerprint density at radius 2 is 1.95 bits per heavy atom. The fourth-order valence-corrected chi connectivity index (χ4v) is 1.46. The van der Waals surface area contributed by atoms with E-state index in [-0.39, 0.29) is 11.6 Å². The van der Waals surface area contributed by atoms with Crippen LogP contribution in [0.4, 0.5) is 10.6 Å². The van der Waals surface area contributed by atoms with Crippen LogP contribution in [0.15, 0.2) is 30.5 Å². The van der Waals surface area contributed by atoms with Crippen LogP contribution in [-0.2, 0) is 4.74 Å². The molecule has 1 aromatic heterocycles. The number of anilines is 1. The first-order valence-corrected chi connectivity index (χ1v) is 6.05. The molecule has 2 rings (SSSR count). The minimum absolute atomic E-state index is 0.168. The van der Waals surface area contributed by atoms with Gasteiger partial charge in [0.05, 0.1) is 11.9 Å². The summed E-state index contributed by atoms with van der Waals surface area (Å²) < 4.78 is 6.59. The number of phenols is 1. The number of aromatic nitrogens is 3. The third-order valence-electron chi connectivity index (χ3n) is 2.24. The van der Waals surface area contributed by atoms with Crippen LogP contribution in [0.1, 0.15) is 20.8 Å². The zero-order valence-electron chi connectivity index (χ0n) is 11.5. The van der Waals surface area contributed by atoms with Gasteiger partial charge in [0.2, 0.25) is 0 Å². The van der Waals surface area contributed by atoms with Gasteiger partial charge in [-0.1, -0.05) is 5.21 Å². The van der Waals surface area contributed by atoms with Crippen molar-refractivity contribution in [2.24, 2.45) is 0 Å². The number of hydrogen-bond donors (Lipinski definition) is 2. The summed E-state index contributed by atoms with van der Waals surface area (Å²) in [7, 11) is 0. The van der Waals surface area contributed by atoms with Crippen molar-refractivity contribution in [2.45, 2.75) is 26.4 Å². The van der Waals surface area contributed by atoms with E-state index in [2.05, 4.69) is 15.6 Å². The number of carbonyl (C=O) groups is 1. The lowest BCUT2D eigenvalue weighted by Crippen LogP contribution is -2.27. The highest BCUT2D eigenvalue weighted by molar-refractivity contribution is 5.83. The first kappa shape index (κ1) is 13.9. The molecule has 2 N–H and O–H groups in total. The van der Waals surface area contributed by atoms with Crippen molar-refractivity contribution in [2.75, 3.05) is 5.32 Å². The summed E-state index contributed by atoms with van der Waals surface area (Å²) in [6.45, 7) is 5.33. The van der Waals surface area contributed by atoms with Gasteiger partial charge in [0, 0.05) is 0 Å². The number of aromatic hydroxyl groups is 1. The van der Waals surface area contributed by atoms with Crippen LogP contribution in [0, 0.1) is 0 Å². The van der Waals surface area contributed by atoms with Crippen molar-refractivity contribution in [3.63, 3.8) is 0 Å². The van der Waals surface area contributed by atoms with E-state index >= 15 is 0 Å². The monoisotopic (exact) mass is 276 g/mol. The van der Waals surface area contributed by atoms with Crippen molar-refractivity contribution in [1.82, 2.24) is 15.0 Å². The lowest BCUT2D eigenvalue weighted by Gasteiger charge is -2.18. The minimum atomic E-state index is -0.588. The number of carbonyl (C=O) groups excluding carboxylic acids is 1. The molecule has 0 saturated carbocycles. The molecule has 0 bridgehead atoms. The topological polar surface area (TPSA) is 89.3 Å². The summed E-state index contributed by atoms with van der Waals surface area (Å²) >= 11 is 0. The molecule has 0 aliphatic carbocycles. The van der Waals surface area contributed by atoms with E-state index < -0.39 is 11.7 Å². The normalized spacial score (nSPS) is 11.2. The van der Waals surface area contributed by atoms with Crippen molar-refractivity contribution >= 4 is 11.9 Å². The molecule has 7 heteroatoms. The van der Waals surface area contributed by atoms with E-state index in [4.69, 9.17) is 4.74 Å². The van der Waals surface area contributed by atoms with E-state index in [1.54, 1.807) is 39.1 Å². The molecule has 0 unspecified atom stereocenters. The third-order valence-corrected chi connectivity index (χ3v) is 2.24. The molecule has 20 heavy (non-hydrogen) atoms. The average Bonchev–Trinajstić information content (AvgIpc) is 2.75. The Hall–Kier alpha value is -2.57.